The van der Waals surface area contributed by atoms with Crippen molar-refractivity contribution < 1.29 is 23.8 Å². The summed E-state index contributed by atoms with van der Waals surface area (Å²) in [6.07, 6.45) is 4.91. The van der Waals surface area contributed by atoms with Crippen LogP contribution in [0.4, 0.5) is 4.39 Å². The third-order valence-electron chi connectivity index (χ3n) is 7.29. The molecule has 5 fully saturated rings. The number of carbonyl (C=O) groups excluding carboxylic acids is 1. The van der Waals surface area contributed by atoms with E-state index in [1.807, 2.05) is 0 Å². The lowest BCUT2D eigenvalue weighted by atomic mass is 9.80. The van der Waals surface area contributed by atoms with E-state index in [0.717, 1.165) is 31.7 Å². The molecule has 4 aliphatic carbocycles. The van der Waals surface area contributed by atoms with Crippen molar-refractivity contribution in [2.24, 2.45) is 17.8 Å². The van der Waals surface area contributed by atoms with Crippen LogP contribution in [0.5, 0.6) is 5.75 Å². The molecule has 1 aliphatic heterocycles. The second kappa shape index (κ2) is 6.74. The molecule has 5 aliphatic rings. The Morgan fingerprint density at radius 3 is 2.79 bits per heavy atom. The van der Waals surface area contributed by atoms with Gasteiger partial charge in [0.25, 0.3) is 5.91 Å². The summed E-state index contributed by atoms with van der Waals surface area (Å²) < 4.78 is 21.0. The van der Waals surface area contributed by atoms with E-state index < -0.39 is 23.7 Å². The molecule has 0 aromatic heterocycles. The number of carboxylic acids is 1. The zero-order chi connectivity index (χ0) is 20.5. The van der Waals surface area contributed by atoms with Crippen LogP contribution < -0.4 is 4.74 Å². The first kappa shape index (κ1) is 19.4. The molecule has 1 aromatic rings. The number of halogens is 3. The van der Waals surface area contributed by atoms with E-state index in [2.05, 4.69) is 0 Å². The van der Waals surface area contributed by atoms with Crippen LogP contribution in [0.25, 0.3) is 0 Å². The summed E-state index contributed by atoms with van der Waals surface area (Å²) in [6, 6.07) is 1.48. The average molecular weight is 442 g/mol. The predicted molar refractivity (Wildman–Crippen MR) is 105 cm³/mol. The van der Waals surface area contributed by atoms with Gasteiger partial charge in [-0.15, -0.1) is 11.6 Å². The Labute approximate surface area is 178 Å². The van der Waals surface area contributed by atoms with Crippen LogP contribution in [-0.2, 0) is 4.79 Å². The molecule has 0 radical (unpaired) electrons. The average Bonchev–Trinajstić information content (AvgIpc) is 3.28. The van der Waals surface area contributed by atoms with Crippen molar-refractivity contribution in [3.63, 3.8) is 0 Å². The molecule has 5 nitrogen and oxygen atoms in total. The summed E-state index contributed by atoms with van der Waals surface area (Å²) in [4.78, 5) is 25.1. The quantitative estimate of drug-likeness (QED) is 0.705. The van der Waals surface area contributed by atoms with Crippen LogP contribution >= 0.6 is 23.2 Å². The molecule has 6 rings (SSSR count). The van der Waals surface area contributed by atoms with Gasteiger partial charge in [0.05, 0.1) is 15.5 Å². The number of benzene rings is 1. The Morgan fingerprint density at radius 1 is 1.28 bits per heavy atom. The van der Waals surface area contributed by atoms with E-state index in [1.165, 1.54) is 11.0 Å². The van der Waals surface area contributed by atoms with Crippen molar-refractivity contribution in [2.45, 2.75) is 55.5 Å². The molecule has 0 spiro atoms. The van der Waals surface area contributed by atoms with Gasteiger partial charge < -0.3 is 14.7 Å². The van der Waals surface area contributed by atoms with Crippen LogP contribution in [-0.4, -0.2) is 45.4 Å². The van der Waals surface area contributed by atoms with Crippen LogP contribution in [0.1, 0.15) is 48.9 Å². The first-order valence-electron chi connectivity index (χ1n) is 10.2. The number of amides is 1. The van der Waals surface area contributed by atoms with Gasteiger partial charge in [-0.2, -0.15) is 0 Å². The van der Waals surface area contributed by atoms with Crippen LogP contribution in [0.3, 0.4) is 0 Å². The van der Waals surface area contributed by atoms with Crippen molar-refractivity contribution in [2.75, 3.05) is 6.54 Å². The Balaban J connectivity index is 1.38. The van der Waals surface area contributed by atoms with Gasteiger partial charge in [0, 0.05) is 18.5 Å². The molecular weight excluding hydrogens is 420 g/mol. The third kappa shape index (κ3) is 3.02. The van der Waals surface area contributed by atoms with Crippen molar-refractivity contribution >= 4 is 35.1 Å². The molecule has 4 saturated carbocycles. The Kier molecular flexibility index (Phi) is 4.52. The minimum absolute atomic E-state index is 0.0836. The van der Waals surface area contributed by atoms with Gasteiger partial charge in [0.1, 0.15) is 23.7 Å². The van der Waals surface area contributed by atoms with Crippen LogP contribution in [0.2, 0.25) is 5.02 Å². The fourth-order valence-electron chi connectivity index (χ4n) is 6.18. The number of aliphatic carboxylic acids is 1. The minimum atomic E-state index is -1.08. The minimum Gasteiger partial charge on any atom is -0.488 e. The molecule has 1 aromatic carbocycles. The Morgan fingerprint density at radius 2 is 2.07 bits per heavy atom. The SMILES string of the molecule is O=C(O)[C@@H]1CCCN1C(=O)c1cc(Cl)c(O[C@H]2C3CC4CC2C(Cl)(C4)C3)cc1F. The predicted octanol–water partition coefficient (Wildman–Crippen LogP) is 4.34. The van der Waals surface area contributed by atoms with Crippen molar-refractivity contribution in [1.29, 1.82) is 0 Å². The number of nitrogens with zero attached hydrogens (tertiary/aromatic N) is 1. The molecule has 1 amide bonds. The maximum atomic E-state index is 14.8. The van der Waals surface area contributed by atoms with Gasteiger partial charge in [-0.1, -0.05) is 11.6 Å². The van der Waals surface area contributed by atoms with E-state index in [1.54, 1.807) is 0 Å². The normalized spacial score (nSPS) is 37.3. The van der Waals surface area contributed by atoms with Gasteiger partial charge in [-0.25, -0.2) is 9.18 Å². The van der Waals surface area contributed by atoms with E-state index in [0.29, 0.717) is 24.7 Å². The monoisotopic (exact) mass is 441 g/mol. The summed E-state index contributed by atoms with van der Waals surface area (Å²) >= 11 is 13.2. The van der Waals surface area contributed by atoms with Crippen molar-refractivity contribution in [1.82, 2.24) is 4.90 Å². The van der Waals surface area contributed by atoms with Crippen molar-refractivity contribution in [3.05, 3.63) is 28.5 Å². The number of rotatable bonds is 4. The molecule has 4 unspecified atom stereocenters. The lowest BCUT2D eigenvalue weighted by molar-refractivity contribution is -0.141. The summed E-state index contributed by atoms with van der Waals surface area (Å²) in [6.45, 7) is 0.287. The number of hydrogen-bond acceptors (Lipinski definition) is 3. The lowest BCUT2D eigenvalue weighted by Gasteiger charge is -2.32. The fraction of sp³-hybridized carbons (Fsp3) is 0.619. The van der Waals surface area contributed by atoms with Crippen molar-refractivity contribution in [3.8, 4) is 5.75 Å². The summed E-state index contributed by atoms with van der Waals surface area (Å²) in [5, 5.41) is 9.44. The molecule has 156 valence electrons. The number of carboxylic acid groups (broad SMARTS) is 1. The van der Waals surface area contributed by atoms with Gasteiger partial charge >= 0.3 is 5.97 Å². The molecule has 1 saturated heterocycles. The topological polar surface area (TPSA) is 66.8 Å². The number of likely N-dealkylation sites (tertiary alicyclic amines) is 1. The number of carbonyl (C=O) groups is 2. The fourth-order valence-corrected chi connectivity index (χ4v) is 7.02. The molecule has 29 heavy (non-hydrogen) atoms. The number of alkyl halides is 1. The number of hydrogen-bond donors (Lipinski definition) is 1. The highest BCUT2D eigenvalue weighted by atomic mass is 35.5. The zero-order valence-corrected chi connectivity index (χ0v) is 17.3. The van der Waals surface area contributed by atoms with Crippen LogP contribution in [0.15, 0.2) is 12.1 Å². The third-order valence-corrected chi connectivity index (χ3v) is 8.18. The Hall–Kier alpha value is -1.53. The highest BCUT2D eigenvalue weighted by Crippen LogP contribution is 2.64. The van der Waals surface area contributed by atoms with Gasteiger partial charge in [-0.05, 0) is 56.4 Å². The summed E-state index contributed by atoms with van der Waals surface area (Å²) in [5.74, 6) is -1.01. The number of ether oxygens (including phenoxy) is 1. The van der Waals surface area contributed by atoms with Gasteiger partial charge in [0.15, 0.2) is 0 Å². The molecule has 4 bridgehead atoms. The maximum Gasteiger partial charge on any atom is 0.326 e. The highest BCUT2D eigenvalue weighted by Gasteiger charge is 2.63. The molecule has 8 heteroatoms. The second-order valence-corrected chi connectivity index (χ2v) is 10.1. The molecule has 1 heterocycles. The molecular formula is C21H22Cl2FNO4. The van der Waals surface area contributed by atoms with Crippen LogP contribution in [0, 0.1) is 23.6 Å². The zero-order valence-electron chi connectivity index (χ0n) is 15.7. The van der Waals surface area contributed by atoms with E-state index in [4.69, 9.17) is 27.9 Å². The summed E-state index contributed by atoms with van der Waals surface area (Å²) in [5.41, 5.74) is -0.224. The van der Waals surface area contributed by atoms with E-state index in [9.17, 15) is 19.1 Å². The van der Waals surface area contributed by atoms with E-state index >= 15 is 0 Å². The maximum absolute atomic E-state index is 14.8. The smallest absolute Gasteiger partial charge is 0.326 e. The lowest BCUT2D eigenvalue weighted by Crippen LogP contribution is -2.40. The highest BCUT2D eigenvalue weighted by molar-refractivity contribution is 6.32. The largest absolute Gasteiger partial charge is 0.488 e. The van der Waals surface area contributed by atoms with Gasteiger partial charge in [0.2, 0.25) is 0 Å². The first-order chi connectivity index (χ1) is 13.8. The van der Waals surface area contributed by atoms with Gasteiger partial charge in [-0.3, -0.25) is 4.79 Å². The van der Waals surface area contributed by atoms with E-state index in [-0.39, 0.29) is 39.8 Å². The first-order valence-corrected chi connectivity index (χ1v) is 10.9. The molecule has 6 atom stereocenters. The molecule has 1 N–H and O–H groups in total. The summed E-state index contributed by atoms with van der Waals surface area (Å²) in [7, 11) is 0. The Bertz CT molecular complexity index is 896. The second-order valence-electron chi connectivity index (χ2n) is 8.99. The standard InChI is InChI=1S/C21H22Cl2FNO4/c22-14-6-12(19(26)25-3-1-2-16(25)20(27)28)15(24)7-17(14)29-18-11-4-10-5-13(18)21(23,8-10)9-11/h6-7,10-11,13,16,18H,1-5,8-9H2,(H,27,28)/t10?,11?,13?,16-,18-,21?/m0/s1.